The summed E-state index contributed by atoms with van der Waals surface area (Å²) in [5.41, 5.74) is 4.71. The molecule has 2 atom stereocenters. The van der Waals surface area contributed by atoms with Crippen LogP contribution in [0.5, 0.6) is 0 Å². The highest BCUT2D eigenvalue weighted by molar-refractivity contribution is 6.12. The number of carbonyl (C=O) groups excluding carboxylic acids is 1. The van der Waals surface area contributed by atoms with Crippen molar-refractivity contribution in [1.82, 2.24) is 9.78 Å². The van der Waals surface area contributed by atoms with Gasteiger partial charge in [-0.25, -0.2) is 0 Å². The van der Waals surface area contributed by atoms with Gasteiger partial charge in [-0.1, -0.05) is 63.1 Å². The summed E-state index contributed by atoms with van der Waals surface area (Å²) >= 11 is 0. The van der Waals surface area contributed by atoms with E-state index in [4.69, 9.17) is 14.6 Å². The summed E-state index contributed by atoms with van der Waals surface area (Å²) in [5, 5.41) is 4.82. The summed E-state index contributed by atoms with van der Waals surface area (Å²) in [6.07, 6.45) is 6.31. The lowest BCUT2D eigenvalue weighted by Gasteiger charge is -2.50. The first-order chi connectivity index (χ1) is 20.4. The van der Waals surface area contributed by atoms with Crippen LogP contribution in [0.25, 0.3) is 0 Å². The van der Waals surface area contributed by atoms with E-state index in [0.717, 1.165) is 80.1 Å². The number of benzene rings is 2. The first-order valence-electron chi connectivity index (χ1n) is 15.8. The average Bonchev–Trinajstić information content (AvgIpc) is 3.38. The Kier molecular flexibility index (Phi) is 11.2. The van der Waals surface area contributed by atoms with Crippen molar-refractivity contribution < 1.29 is 14.3 Å². The number of anilines is 2. The van der Waals surface area contributed by atoms with Crippen molar-refractivity contribution in [2.24, 2.45) is 7.05 Å². The van der Waals surface area contributed by atoms with E-state index in [-0.39, 0.29) is 29.8 Å². The van der Waals surface area contributed by atoms with Crippen LogP contribution in [0.4, 0.5) is 11.5 Å². The Balaban J connectivity index is 1.77. The second-order valence-corrected chi connectivity index (χ2v) is 11.4. The van der Waals surface area contributed by atoms with Gasteiger partial charge in [0.2, 0.25) is 0 Å². The summed E-state index contributed by atoms with van der Waals surface area (Å²) in [5.74, 6) is 1.08. The van der Waals surface area contributed by atoms with Crippen LogP contribution in [-0.2, 0) is 16.5 Å². The molecule has 1 heterocycles. The molecule has 0 N–H and O–H groups in total. The fourth-order valence-electron chi connectivity index (χ4n) is 6.51. The molecule has 7 nitrogen and oxygen atoms in total. The van der Waals surface area contributed by atoms with Gasteiger partial charge < -0.3 is 19.3 Å². The minimum absolute atomic E-state index is 0.00846. The van der Waals surface area contributed by atoms with E-state index in [9.17, 15) is 4.79 Å². The van der Waals surface area contributed by atoms with Gasteiger partial charge in [0.05, 0.1) is 12.2 Å². The van der Waals surface area contributed by atoms with Crippen molar-refractivity contribution in [1.29, 1.82) is 0 Å². The van der Waals surface area contributed by atoms with Crippen LogP contribution in [0.2, 0.25) is 0 Å². The van der Waals surface area contributed by atoms with Gasteiger partial charge in [0.25, 0.3) is 0 Å². The van der Waals surface area contributed by atoms with Crippen molar-refractivity contribution in [3.63, 3.8) is 0 Å². The predicted molar refractivity (Wildman–Crippen MR) is 172 cm³/mol. The Morgan fingerprint density at radius 3 is 2.02 bits per heavy atom. The molecule has 1 aromatic heterocycles. The molecule has 42 heavy (non-hydrogen) atoms. The molecular formula is C35H50N4O3. The van der Waals surface area contributed by atoms with Crippen molar-refractivity contribution in [2.75, 3.05) is 50.2 Å². The van der Waals surface area contributed by atoms with Gasteiger partial charge in [0.15, 0.2) is 11.6 Å². The molecule has 0 bridgehead atoms. The van der Waals surface area contributed by atoms with Crippen molar-refractivity contribution >= 4 is 17.3 Å². The molecule has 7 heteroatoms. The van der Waals surface area contributed by atoms with E-state index in [1.165, 1.54) is 0 Å². The largest absolute Gasteiger partial charge is 0.380 e. The Morgan fingerprint density at radius 2 is 1.48 bits per heavy atom. The number of nitrogens with zero attached hydrogens (tertiary/aromatic N) is 4. The zero-order chi connectivity index (χ0) is 30.2. The van der Waals surface area contributed by atoms with Crippen LogP contribution in [0.1, 0.15) is 92.3 Å². The maximum absolute atomic E-state index is 14.1. The molecule has 1 aliphatic carbocycles. The van der Waals surface area contributed by atoms with Crippen LogP contribution in [-0.4, -0.2) is 68.2 Å². The third-order valence-electron chi connectivity index (χ3n) is 8.81. The number of unbranched alkanes of at least 4 members (excludes halogenated alkanes) is 2. The number of aromatic nitrogens is 2. The van der Waals surface area contributed by atoms with Gasteiger partial charge in [0.1, 0.15) is 0 Å². The van der Waals surface area contributed by atoms with Crippen LogP contribution in [0.15, 0.2) is 54.7 Å². The number of ether oxygens (including phenoxy) is 2. The van der Waals surface area contributed by atoms with Gasteiger partial charge in [-0.05, 0) is 44.4 Å². The summed E-state index contributed by atoms with van der Waals surface area (Å²) in [7, 11) is 5.54. The molecule has 1 aliphatic rings. The third kappa shape index (κ3) is 6.42. The monoisotopic (exact) mass is 574 g/mol. The highest BCUT2D eigenvalue weighted by Crippen LogP contribution is 2.53. The van der Waals surface area contributed by atoms with Gasteiger partial charge in [-0.15, -0.1) is 0 Å². The fourth-order valence-corrected chi connectivity index (χ4v) is 6.51. The van der Waals surface area contributed by atoms with Crippen LogP contribution >= 0.6 is 0 Å². The molecule has 0 spiro atoms. The minimum Gasteiger partial charge on any atom is -0.380 e. The molecule has 228 valence electrons. The molecule has 0 saturated heterocycles. The molecule has 1 fully saturated rings. The Bertz CT molecular complexity index is 1270. The zero-order valence-electron chi connectivity index (χ0n) is 26.7. The average molecular weight is 575 g/mol. The molecule has 2 unspecified atom stereocenters. The smallest absolute Gasteiger partial charge is 0.195 e. The van der Waals surface area contributed by atoms with Crippen molar-refractivity contribution in [3.05, 3.63) is 77.0 Å². The topological polar surface area (TPSA) is 59.8 Å². The van der Waals surface area contributed by atoms with E-state index in [1.54, 1.807) is 14.2 Å². The fraction of sp³-hybridized carbons (Fsp3) is 0.543. The third-order valence-corrected chi connectivity index (χ3v) is 8.81. The Morgan fingerprint density at radius 1 is 0.857 bits per heavy atom. The molecule has 3 aromatic rings. The molecule has 2 aromatic carbocycles. The SMILES string of the molecule is CCCCN(CCCC)c1ccc(C2C(OC)C(c3cn(C)nc3N(CC)CC)C2OC)cc1C(=O)c1ccccc1. The first-order valence-corrected chi connectivity index (χ1v) is 15.8. The first kappa shape index (κ1) is 31.8. The standard InChI is InChI=1S/C35H50N4O3/c1-8-12-21-39(22-13-9-2)29-20-19-26(23-27(29)32(40)25-17-15-14-16-18-25)30-33(41-6)31(34(30)42-7)28-24-37(5)36-35(28)38(10-3)11-4/h14-20,23-24,30-31,33-34H,8-13,21-22H2,1-7H3. The molecular weight excluding hydrogens is 524 g/mol. The minimum atomic E-state index is -0.102. The number of aryl methyl sites for hydroxylation is 1. The predicted octanol–water partition coefficient (Wildman–Crippen LogP) is 6.81. The molecule has 4 rings (SSSR count). The lowest BCUT2D eigenvalue weighted by molar-refractivity contribution is -0.115. The lowest BCUT2D eigenvalue weighted by Crippen LogP contribution is -2.54. The van der Waals surface area contributed by atoms with Gasteiger partial charge in [-0.3, -0.25) is 9.48 Å². The second-order valence-electron chi connectivity index (χ2n) is 11.4. The van der Waals surface area contributed by atoms with Gasteiger partial charge in [-0.2, -0.15) is 5.10 Å². The number of rotatable bonds is 16. The quantitative estimate of drug-likeness (QED) is 0.175. The van der Waals surface area contributed by atoms with Crippen LogP contribution < -0.4 is 9.80 Å². The van der Waals surface area contributed by atoms with Crippen molar-refractivity contribution in [2.45, 2.75) is 77.4 Å². The highest BCUT2D eigenvalue weighted by atomic mass is 16.5. The van der Waals surface area contributed by atoms with Crippen molar-refractivity contribution in [3.8, 4) is 0 Å². The molecule has 1 saturated carbocycles. The summed E-state index contributed by atoms with van der Waals surface area (Å²) in [6, 6.07) is 16.1. The number of hydrogen-bond donors (Lipinski definition) is 0. The molecule has 0 aliphatic heterocycles. The van der Waals surface area contributed by atoms with Crippen LogP contribution in [0.3, 0.4) is 0 Å². The van der Waals surface area contributed by atoms with E-state index < -0.39 is 0 Å². The number of ketones is 1. The lowest BCUT2D eigenvalue weighted by atomic mass is 9.63. The normalized spacial score (nSPS) is 19.9. The van der Waals surface area contributed by atoms with Gasteiger partial charge in [0, 0.05) is 87.9 Å². The second kappa shape index (κ2) is 14.8. The Labute approximate surface area is 252 Å². The Hall–Kier alpha value is -3.16. The summed E-state index contributed by atoms with van der Waals surface area (Å²) < 4.78 is 14.3. The maximum Gasteiger partial charge on any atom is 0.195 e. The maximum atomic E-state index is 14.1. The molecule has 0 radical (unpaired) electrons. The van der Waals surface area contributed by atoms with E-state index in [0.29, 0.717) is 5.56 Å². The molecule has 0 amide bonds. The highest BCUT2D eigenvalue weighted by Gasteiger charge is 2.54. The van der Waals surface area contributed by atoms with E-state index in [1.807, 2.05) is 42.1 Å². The van der Waals surface area contributed by atoms with Gasteiger partial charge >= 0.3 is 0 Å². The number of hydrogen-bond acceptors (Lipinski definition) is 6. The van der Waals surface area contributed by atoms with E-state index in [2.05, 4.69) is 61.9 Å². The number of carbonyl (C=O) groups is 1. The van der Waals surface area contributed by atoms with Crippen LogP contribution in [0, 0.1) is 0 Å². The zero-order valence-corrected chi connectivity index (χ0v) is 26.7. The summed E-state index contributed by atoms with van der Waals surface area (Å²) in [4.78, 5) is 18.8. The van der Waals surface area contributed by atoms with E-state index >= 15 is 0 Å². The number of methoxy groups -OCH3 is 2. The summed E-state index contributed by atoms with van der Waals surface area (Å²) in [6.45, 7) is 12.4.